The normalized spacial score (nSPS) is 35.6. The van der Waals surface area contributed by atoms with E-state index in [0.29, 0.717) is 0 Å². The van der Waals surface area contributed by atoms with Gasteiger partial charge in [0.05, 0.1) is 7.11 Å². The third kappa shape index (κ3) is 1.93. The lowest BCUT2D eigenvalue weighted by Crippen LogP contribution is -2.48. The molecule has 0 atom stereocenters. The second-order valence-corrected chi connectivity index (χ2v) is 7.58. The molecule has 0 saturated heterocycles. The van der Waals surface area contributed by atoms with Crippen molar-refractivity contribution in [2.45, 2.75) is 43.9 Å². The van der Waals surface area contributed by atoms with E-state index >= 15 is 0 Å². The molecule has 1 aromatic rings. The Morgan fingerprint density at radius 1 is 1.05 bits per heavy atom. The van der Waals surface area contributed by atoms with Gasteiger partial charge in [0.2, 0.25) is 0 Å². The molecular weight excluding hydrogens is 280 g/mol. The van der Waals surface area contributed by atoms with Gasteiger partial charge in [-0.1, -0.05) is 0 Å². The maximum Gasteiger partial charge on any atom is 0.341 e. The Labute approximate surface area is 130 Å². The molecule has 0 unspecified atom stereocenters. The van der Waals surface area contributed by atoms with Crippen molar-refractivity contribution in [2.24, 2.45) is 17.8 Å². The second kappa shape index (κ2) is 4.64. The summed E-state index contributed by atoms with van der Waals surface area (Å²) < 4.78 is 4.75. The molecule has 0 aliphatic heterocycles. The first-order valence-corrected chi connectivity index (χ1v) is 8.15. The van der Waals surface area contributed by atoms with Crippen molar-refractivity contribution >= 4 is 5.97 Å². The van der Waals surface area contributed by atoms with Gasteiger partial charge in [-0.3, -0.25) is 0 Å². The molecule has 4 saturated carbocycles. The van der Waals surface area contributed by atoms with Crippen molar-refractivity contribution in [1.82, 2.24) is 0 Å². The number of hydrogen-bond donors (Lipinski definition) is 2. The first kappa shape index (κ1) is 13.9. The number of methoxy groups -OCH3 is 1. The highest BCUT2D eigenvalue weighted by Crippen LogP contribution is 2.62. The predicted octanol–water partition coefficient (Wildman–Crippen LogP) is 3.35. The summed E-state index contributed by atoms with van der Waals surface area (Å²) in [5.41, 5.74) is 0.978. The zero-order valence-electron chi connectivity index (χ0n) is 12.8. The molecular formula is C18H22O4. The fraction of sp³-hybridized carbons (Fsp3) is 0.611. The maximum absolute atomic E-state index is 11.9. The van der Waals surface area contributed by atoms with Gasteiger partial charge in [-0.25, -0.2) is 4.79 Å². The lowest BCUT2D eigenvalue weighted by Gasteiger charge is -2.57. The molecule has 4 aliphatic rings. The van der Waals surface area contributed by atoms with Gasteiger partial charge in [-0.2, -0.15) is 0 Å². The maximum atomic E-state index is 11.9. The van der Waals surface area contributed by atoms with Crippen molar-refractivity contribution in [3.63, 3.8) is 0 Å². The van der Waals surface area contributed by atoms with Gasteiger partial charge in [0.25, 0.3) is 0 Å². The Morgan fingerprint density at radius 2 is 1.59 bits per heavy atom. The summed E-state index contributed by atoms with van der Waals surface area (Å²) in [4.78, 5) is 11.9. The molecule has 0 spiro atoms. The summed E-state index contributed by atoms with van der Waals surface area (Å²) in [6, 6.07) is 2.98. The topological polar surface area (TPSA) is 66.8 Å². The van der Waals surface area contributed by atoms with Gasteiger partial charge >= 0.3 is 5.97 Å². The van der Waals surface area contributed by atoms with E-state index in [4.69, 9.17) is 4.74 Å². The molecule has 5 rings (SSSR count). The van der Waals surface area contributed by atoms with Crippen LogP contribution >= 0.6 is 0 Å². The minimum atomic E-state index is -0.552. The number of carbonyl (C=O) groups excluding carboxylic acids is 1. The van der Waals surface area contributed by atoms with Crippen LogP contribution in [0.25, 0.3) is 0 Å². The van der Waals surface area contributed by atoms with Crippen LogP contribution in [-0.4, -0.2) is 23.3 Å². The third-order valence-corrected chi connectivity index (χ3v) is 6.13. The number of ether oxygens (including phenoxy) is 1. The van der Waals surface area contributed by atoms with Gasteiger partial charge < -0.3 is 14.9 Å². The monoisotopic (exact) mass is 302 g/mol. The van der Waals surface area contributed by atoms with Crippen LogP contribution in [0.1, 0.15) is 54.4 Å². The van der Waals surface area contributed by atoms with Crippen LogP contribution in [-0.2, 0) is 10.2 Å². The number of phenols is 2. The van der Waals surface area contributed by atoms with Crippen LogP contribution < -0.4 is 0 Å². The Morgan fingerprint density at radius 3 is 2.09 bits per heavy atom. The molecule has 118 valence electrons. The first-order chi connectivity index (χ1) is 10.5. The van der Waals surface area contributed by atoms with E-state index in [1.165, 1.54) is 32.4 Å². The molecule has 0 amide bonds. The Hall–Kier alpha value is -1.71. The molecule has 0 radical (unpaired) electrons. The van der Waals surface area contributed by atoms with Crippen molar-refractivity contribution in [3.8, 4) is 11.5 Å². The molecule has 22 heavy (non-hydrogen) atoms. The van der Waals surface area contributed by atoms with E-state index in [0.717, 1.165) is 42.6 Å². The molecule has 1 aromatic carbocycles. The van der Waals surface area contributed by atoms with Crippen LogP contribution in [0.4, 0.5) is 0 Å². The van der Waals surface area contributed by atoms with Gasteiger partial charge in [-0.05, 0) is 67.8 Å². The lowest BCUT2D eigenvalue weighted by atomic mass is 9.48. The summed E-state index contributed by atoms with van der Waals surface area (Å²) >= 11 is 0. The molecule has 0 aromatic heterocycles. The Kier molecular flexibility index (Phi) is 2.94. The molecule has 4 fully saturated rings. The average molecular weight is 302 g/mol. The van der Waals surface area contributed by atoms with E-state index < -0.39 is 5.97 Å². The minimum Gasteiger partial charge on any atom is -0.508 e. The molecule has 0 heterocycles. The van der Waals surface area contributed by atoms with Crippen LogP contribution in [0.2, 0.25) is 0 Å². The average Bonchev–Trinajstić information content (AvgIpc) is 2.44. The highest BCUT2D eigenvalue weighted by Gasteiger charge is 2.52. The van der Waals surface area contributed by atoms with Crippen molar-refractivity contribution < 1.29 is 19.7 Å². The number of carbonyl (C=O) groups is 1. The van der Waals surface area contributed by atoms with Gasteiger partial charge in [-0.15, -0.1) is 0 Å². The number of phenolic OH excluding ortho intramolecular Hbond substituents is 2. The van der Waals surface area contributed by atoms with E-state index in [2.05, 4.69) is 0 Å². The van der Waals surface area contributed by atoms with Gasteiger partial charge in [0.15, 0.2) is 0 Å². The fourth-order valence-electron chi connectivity index (χ4n) is 5.72. The standard InChI is InChI=1S/C18H22O4/c1-22-17(21)13-5-14(16(20)6-15(13)19)18-7-10-2-11(8-18)4-12(3-10)9-18/h5-6,10-12,19-20H,2-4,7-9H2,1H3. The smallest absolute Gasteiger partial charge is 0.341 e. The quantitative estimate of drug-likeness (QED) is 0.822. The Bertz CT molecular complexity index is 599. The van der Waals surface area contributed by atoms with Crippen LogP contribution in [0.5, 0.6) is 11.5 Å². The lowest BCUT2D eigenvalue weighted by molar-refractivity contribution is -0.00619. The summed E-state index contributed by atoms with van der Waals surface area (Å²) in [5.74, 6) is 1.61. The summed E-state index contributed by atoms with van der Waals surface area (Å²) in [5, 5.41) is 20.4. The molecule has 4 aliphatic carbocycles. The Balaban J connectivity index is 1.80. The van der Waals surface area contributed by atoms with Crippen LogP contribution in [0.15, 0.2) is 12.1 Å². The van der Waals surface area contributed by atoms with E-state index in [9.17, 15) is 15.0 Å². The second-order valence-electron chi connectivity index (χ2n) is 7.58. The van der Waals surface area contributed by atoms with Crippen LogP contribution in [0, 0.1) is 17.8 Å². The first-order valence-electron chi connectivity index (χ1n) is 8.15. The fourth-order valence-corrected chi connectivity index (χ4v) is 5.72. The molecule has 2 N–H and O–H groups in total. The molecule has 4 heteroatoms. The predicted molar refractivity (Wildman–Crippen MR) is 81.0 cm³/mol. The number of esters is 1. The summed E-state index contributed by atoms with van der Waals surface area (Å²) in [6.45, 7) is 0. The van der Waals surface area contributed by atoms with E-state index in [1.54, 1.807) is 6.07 Å². The highest BCUT2D eigenvalue weighted by molar-refractivity contribution is 5.93. The number of hydrogen-bond acceptors (Lipinski definition) is 4. The third-order valence-electron chi connectivity index (χ3n) is 6.13. The van der Waals surface area contributed by atoms with Crippen LogP contribution in [0.3, 0.4) is 0 Å². The van der Waals surface area contributed by atoms with E-state index in [-0.39, 0.29) is 22.5 Å². The number of rotatable bonds is 2. The SMILES string of the molecule is COC(=O)c1cc(C23CC4CC(CC(C4)C2)C3)c(O)cc1O. The summed E-state index contributed by atoms with van der Waals surface area (Å²) in [6.07, 6.45) is 7.25. The van der Waals surface area contributed by atoms with Crippen molar-refractivity contribution in [1.29, 1.82) is 0 Å². The molecule has 4 nitrogen and oxygen atoms in total. The molecule has 4 bridgehead atoms. The zero-order valence-corrected chi connectivity index (χ0v) is 12.8. The number of benzene rings is 1. The minimum absolute atomic E-state index is 0.0185. The largest absolute Gasteiger partial charge is 0.508 e. The number of aromatic hydroxyl groups is 2. The van der Waals surface area contributed by atoms with Crippen molar-refractivity contribution in [3.05, 3.63) is 23.3 Å². The zero-order chi connectivity index (χ0) is 15.5. The summed E-state index contributed by atoms with van der Waals surface area (Å²) in [7, 11) is 1.30. The van der Waals surface area contributed by atoms with E-state index in [1.807, 2.05) is 0 Å². The van der Waals surface area contributed by atoms with Gasteiger partial charge in [0.1, 0.15) is 17.1 Å². The van der Waals surface area contributed by atoms with Crippen molar-refractivity contribution in [2.75, 3.05) is 7.11 Å². The van der Waals surface area contributed by atoms with Gasteiger partial charge in [0, 0.05) is 11.6 Å². The highest BCUT2D eigenvalue weighted by atomic mass is 16.5.